The van der Waals surface area contributed by atoms with Gasteiger partial charge in [0.25, 0.3) is 0 Å². The number of hydrogen-bond donors (Lipinski definition) is 2. The number of oxime groups is 1. The van der Waals surface area contributed by atoms with Crippen LogP contribution in [0.15, 0.2) is 32.7 Å². The largest absolute Gasteiger partial charge is 0.409 e. The summed E-state index contributed by atoms with van der Waals surface area (Å²) in [4.78, 5) is 1.15. The molecule has 0 aliphatic rings. The minimum Gasteiger partial charge on any atom is -0.409 e. The highest BCUT2D eigenvalue weighted by molar-refractivity contribution is 9.10. The van der Waals surface area contributed by atoms with Gasteiger partial charge in [-0.1, -0.05) is 19.0 Å². The fourth-order valence-electron chi connectivity index (χ4n) is 1.07. The second-order valence-electron chi connectivity index (χ2n) is 3.30. The maximum atomic E-state index is 8.54. The number of nitrogens with zero attached hydrogens (tertiary/aromatic N) is 1. The van der Waals surface area contributed by atoms with Crippen molar-refractivity contribution >= 4 is 33.5 Å². The number of rotatable bonds is 3. The summed E-state index contributed by atoms with van der Waals surface area (Å²) >= 11 is 5.22. The lowest BCUT2D eigenvalue weighted by Gasteiger charge is -2.08. The summed E-state index contributed by atoms with van der Waals surface area (Å²) in [5.74, 6) is 0.122. The van der Waals surface area contributed by atoms with Gasteiger partial charge in [0.1, 0.15) is 0 Å². The maximum Gasteiger partial charge on any atom is 0.170 e. The molecular formula is C10H13BrN2OS. The predicted molar refractivity (Wildman–Crippen MR) is 67.6 cm³/mol. The second-order valence-corrected chi connectivity index (χ2v) is 5.77. The zero-order valence-corrected chi connectivity index (χ0v) is 11.0. The SMILES string of the molecule is CC(C)Sc1ccc(/C(N)=N/O)cc1Br. The number of hydrogen-bond acceptors (Lipinski definition) is 3. The molecule has 0 radical (unpaired) electrons. The van der Waals surface area contributed by atoms with Crippen LogP contribution in [0.5, 0.6) is 0 Å². The van der Waals surface area contributed by atoms with Gasteiger partial charge in [0.05, 0.1) is 0 Å². The normalized spacial score (nSPS) is 12.1. The summed E-state index contributed by atoms with van der Waals surface area (Å²) in [5, 5.41) is 12.0. The Hall–Kier alpha value is -0.680. The van der Waals surface area contributed by atoms with E-state index in [1.807, 2.05) is 18.2 Å². The van der Waals surface area contributed by atoms with Gasteiger partial charge in [0, 0.05) is 20.2 Å². The fourth-order valence-corrected chi connectivity index (χ4v) is 2.55. The third kappa shape index (κ3) is 3.43. The zero-order chi connectivity index (χ0) is 11.4. The molecule has 3 nitrogen and oxygen atoms in total. The molecule has 0 amide bonds. The van der Waals surface area contributed by atoms with Crippen LogP contribution in [-0.2, 0) is 0 Å². The molecular weight excluding hydrogens is 276 g/mol. The molecule has 0 atom stereocenters. The molecule has 15 heavy (non-hydrogen) atoms. The molecule has 5 heteroatoms. The first-order valence-electron chi connectivity index (χ1n) is 4.48. The predicted octanol–water partition coefficient (Wildman–Crippen LogP) is 3.04. The summed E-state index contributed by atoms with van der Waals surface area (Å²) in [6, 6.07) is 5.65. The van der Waals surface area contributed by atoms with Crippen molar-refractivity contribution in [3.8, 4) is 0 Å². The van der Waals surface area contributed by atoms with E-state index in [4.69, 9.17) is 10.9 Å². The average molecular weight is 289 g/mol. The van der Waals surface area contributed by atoms with Crippen molar-refractivity contribution in [3.63, 3.8) is 0 Å². The Bertz CT molecular complexity index is 380. The van der Waals surface area contributed by atoms with Crippen molar-refractivity contribution in [2.24, 2.45) is 10.9 Å². The molecule has 82 valence electrons. The quantitative estimate of drug-likeness (QED) is 0.295. The molecule has 1 rings (SSSR count). The van der Waals surface area contributed by atoms with Crippen LogP contribution < -0.4 is 5.73 Å². The molecule has 0 aliphatic carbocycles. The number of thioether (sulfide) groups is 1. The van der Waals surface area contributed by atoms with Gasteiger partial charge in [-0.25, -0.2) is 0 Å². The van der Waals surface area contributed by atoms with Crippen molar-refractivity contribution in [1.82, 2.24) is 0 Å². The first-order chi connectivity index (χ1) is 7.04. The zero-order valence-electron chi connectivity index (χ0n) is 8.57. The van der Waals surface area contributed by atoms with Gasteiger partial charge in [-0.15, -0.1) is 11.8 Å². The van der Waals surface area contributed by atoms with Crippen LogP contribution in [0, 0.1) is 0 Å². The van der Waals surface area contributed by atoms with Crippen molar-refractivity contribution in [2.45, 2.75) is 24.0 Å². The van der Waals surface area contributed by atoms with Gasteiger partial charge in [0.2, 0.25) is 0 Å². The molecule has 0 bridgehead atoms. The summed E-state index contributed by atoms with van der Waals surface area (Å²) in [5.41, 5.74) is 6.19. The average Bonchev–Trinajstić information content (AvgIpc) is 2.19. The van der Waals surface area contributed by atoms with Crippen LogP contribution in [0.1, 0.15) is 19.4 Å². The molecule has 0 spiro atoms. The highest BCUT2D eigenvalue weighted by Crippen LogP contribution is 2.31. The summed E-state index contributed by atoms with van der Waals surface area (Å²) in [6.45, 7) is 4.27. The summed E-state index contributed by atoms with van der Waals surface area (Å²) < 4.78 is 0.963. The van der Waals surface area contributed by atoms with Gasteiger partial charge in [-0.05, 0) is 34.1 Å². The lowest BCUT2D eigenvalue weighted by atomic mass is 10.2. The van der Waals surface area contributed by atoms with Crippen LogP contribution in [-0.4, -0.2) is 16.3 Å². The highest BCUT2D eigenvalue weighted by Gasteiger charge is 2.06. The topological polar surface area (TPSA) is 58.6 Å². The lowest BCUT2D eigenvalue weighted by Crippen LogP contribution is -2.12. The van der Waals surface area contributed by atoms with Crippen LogP contribution in [0.3, 0.4) is 0 Å². The van der Waals surface area contributed by atoms with E-state index < -0.39 is 0 Å². The van der Waals surface area contributed by atoms with E-state index in [0.29, 0.717) is 10.8 Å². The third-order valence-electron chi connectivity index (χ3n) is 1.70. The first-order valence-corrected chi connectivity index (χ1v) is 6.16. The molecule has 0 aromatic heterocycles. The monoisotopic (exact) mass is 288 g/mol. The Labute approximate surface area is 102 Å². The summed E-state index contributed by atoms with van der Waals surface area (Å²) in [7, 11) is 0. The Morgan fingerprint density at radius 2 is 2.20 bits per heavy atom. The van der Waals surface area contributed by atoms with Gasteiger partial charge in [0.15, 0.2) is 5.84 Å². The smallest absolute Gasteiger partial charge is 0.170 e. The molecule has 0 saturated carbocycles. The molecule has 0 fully saturated rings. The first kappa shape index (κ1) is 12.4. The number of nitrogens with two attached hydrogens (primary N) is 1. The van der Waals surface area contributed by atoms with Crippen molar-refractivity contribution in [2.75, 3.05) is 0 Å². The standard InChI is InChI=1S/C10H13BrN2OS/c1-6(2)15-9-4-3-7(5-8(9)11)10(12)13-14/h3-6,14H,1-2H3,(H2,12,13). The molecule has 0 heterocycles. The van der Waals surface area contributed by atoms with Crippen molar-refractivity contribution < 1.29 is 5.21 Å². The molecule has 0 saturated heterocycles. The van der Waals surface area contributed by atoms with E-state index in [-0.39, 0.29) is 5.84 Å². The molecule has 0 unspecified atom stereocenters. The fraction of sp³-hybridized carbons (Fsp3) is 0.300. The van der Waals surface area contributed by atoms with Gasteiger partial charge >= 0.3 is 0 Å². The lowest BCUT2D eigenvalue weighted by molar-refractivity contribution is 0.318. The number of halogens is 1. The molecule has 1 aromatic rings. The maximum absolute atomic E-state index is 8.54. The van der Waals surface area contributed by atoms with Crippen molar-refractivity contribution in [1.29, 1.82) is 0 Å². The van der Waals surface area contributed by atoms with E-state index in [2.05, 4.69) is 34.9 Å². The van der Waals surface area contributed by atoms with E-state index in [0.717, 1.165) is 9.37 Å². The van der Waals surface area contributed by atoms with Gasteiger partial charge < -0.3 is 10.9 Å². The van der Waals surface area contributed by atoms with E-state index in [1.165, 1.54) is 0 Å². The van der Waals surface area contributed by atoms with Crippen molar-refractivity contribution in [3.05, 3.63) is 28.2 Å². The summed E-state index contributed by atoms with van der Waals surface area (Å²) in [6.07, 6.45) is 0. The Balaban J connectivity index is 2.98. The number of amidine groups is 1. The minimum absolute atomic E-state index is 0.122. The molecule has 3 N–H and O–H groups in total. The molecule has 0 aliphatic heterocycles. The van der Waals surface area contributed by atoms with Crippen LogP contribution in [0.25, 0.3) is 0 Å². The van der Waals surface area contributed by atoms with Gasteiger partial charge in [-0.2, -0.15) is 0 Å². The Morgan fingerprint density at radius 1 is 1.53 bits per heavy atom. The van der Waals surface area contributed by atoms with E-state index in [1.54, 1.807) is 11.8 Å². The van der Waals surface area contributed by atoms with E-state index >= 15 is 0 Å². The Morgan fingerprint density at radius 3 is 2.67 bits per heavy atom. The molecule has 1 aromatic carbocycles. The second kappa shape index (κ2) is 5.42. The van der Waals surface area contributed by atoms with Gasteiger partial charge in [-0.3, -0.25) is 0 Å². The van der Waals surface area contributed by atoms with Crippen LogP contribution >= 0.6 is 27.7 Å². The Kier molecular flexibility index (Phi) is 4.47. The minimum atomic E-state index is 0.122. The third-order valence-corrected chi connectivity index (χ3v) is 3.70. The van der Waals surface area contributed by atoms with E-state index in [9.17, 15) is 0 Å². The number of benzene rings is 1. The van der Waals surface area contributed by atoms with Crippen LogP contribution in [0.4, 0.5) is 0 Å². The highest BCUT2D eigenvalue weighted by atomic mass is 79.9. The van der Waals surface area contributed by atoms with Crippen LogP contribution in [0.2, 0.25) is 0 Å².